The van der Waals surface area contributed by atoms with E-state index in [9.17, 15) is 8.78 Å². The van der Waals surface area contributed by atoms with Gasteiger partial charge < -0.3 is 15.2 Å². The number of benzene rings is 1. The molecule has 5 heteroatoms. The van der Waals surface area contributed by atoms with Crippen LogP contribution in [0, 0.1) is 0 Å². The van der Waals surface area contributed by atoms with Crippen molar-refractivity contribution in [3.63, 3.8) is 0 Å². The van der Waals surface area contributed by atoms with E-state index in [1.807, 2.05) is 0 Å². The van der Waals surface area contributed by atoms with E-state index in [1.165, 1.54) is 12.1 Å². The average Bonchev–Trinajstić information content (AvgIpc) is 2.08. The van der Waals surface area contributed by atoms with Gasteiger partial charge in [0.2, 0.25) is 0 Å². The summed E-state index contributed by atoms with van der Waals surface area (Å²) in [4.78, 5) is 0. The molecule has 2 N–H and O–H groups in total. The Morgan fingerprint density at radius 3 is 2.33 bits per heavy atom. The predicted molar refractivity (Wildman–Crippen MR) is 53.3 cm³/mol. The summed E-state index contributed by atoms with van der Waals surface area (Å²) in [6.45, 7) is 0.701. The van der Waals surface area contributed by atoms with Gasteiger partial charge in [-0.15, -0.1) is 0 Å². The van der Waals surface area contributed by atoms with E-state index in [1.54, 1.807) is 19.9 Å². The molecule has 0 saturated carbocycles. The van der Waals surface area contributed by atoms with Gasteiger partial charge in [-0.25, -0.2) is 0 Å². The molecule has 0 radical (unpaired) electrons. The first kappa shape index (κ1) is 11.6. The quantitative estimate of drug-likeness (QED) is 0.788. The molecule has 1 aromatic carbocycles. The van der Waals surface area contributed by atoms with Crippen LogP contribution in [-0.2, 0) is 0 Å². The number of nitrogens with two attached hydrogens (primary N) is 1. The minimum Gasteiger partial charge on any atom is -0.487 e. The lowest BCUT2D eigenvalue weighted by Crippen LogP contribution is -2.09. The SMILES string of the molecule is CC(C)Oc1ccc(N)cc1OC(F)F. The van der Waals surface area contributed by atoms with Crippen molar-refractivity contribution < 1.29 is 18.3 Å². The first-order valence-electron chi connectivity index (χ1n) is 4.50. The number of rotatable bonds is 4. The van der Waals surface area contributed by atoms with Crippen LogP contribution < -0.4 is 15.2 Å². The fourth-order valence-corrected chi connectivity index (χ4v) is 1.06. The third kappa shape index (κ3) is 3.61. The van der Waals surface area contributed by atoms with Crippen molar-refractivity contribution in [2.75, 3.05) is 5.73 Å². The zero-order valence-corrected chi connectivity index (χ0v) is 8.54. The summed E-state index contributed by atoms with van der Waals surface area (Å²) >= 11 is 0. The summed E-state index contributed by atoms with van der Waals surface area (Å²) in [5.74, 6) is 0.221. The zero-order valence-electron chi connectivity index (χ0n) is 8.54. The fourth-order valence-electron chi connectivity index (χ4n) is 1.06. The summed E-state index contributed by atoms with van der Waals surface area (Å²) in [6.07, 6.45) is -0.117. The van der Waals surface area contributed by atoms with Crippen molar-refractivity contribution in [1.82, 2.24) is 0 Å². The summed E-state index contributed by atoms with van der Waals surface area (Å²) in [6, 6.07) is 4.38. The molecule has 0 amide bonds. The van der Waals surface area contributed by atoms with Crippen LogP contribution in [0.5, 0.6) is 11.5 Å². The number of hydrogen-bond acceptors (Lipinski definition) is 3. The molecule has 15 heavy (non-hydrogen) atoms. The number of nitrogen functional groups attached to an aromatic ring is 1. The molecule has 1 rings (SSSR count). The van der Waals surface area contributed by atoms with Gasteiger partial charge in [0, 0.05) is 11.8 Å². The van der Waals surface area contributed by atoms with E-state index in [-0.39, 0.29) is 17.6 Å². The maximum Gasteiger partial charge on any atom is 0.387 e. The summed E-state index contributed by atoms with van der Waals surface area (Å²) < 4.78 is 33.7. The second-order valence-corrected chi connectivity index (χ2v) is 3.25. The molecule has 0 saturated heterocycles. The second-order valence-electron chi connectivity index (χ2n) is 3.25. The van der Waals surface area contributed by atoms with E-state index in [4.69, 9.17) is 10.5 Å². The molecule has 84 valence electrons. The van der Waals surface area contributed by atoms with Crippen LogP contribution in [0.25, 0.3) is 0 Å². The van der Waals surface area contributed by atoms with Crippen LogP contribution in [0.4, 0.5) is 14.5 Å². The molecule has 0 fully saturated rings. The lowest BCUT2D eigenvalue weighted by molar-refractivity contribution is -0.0518. The molecule has 0 aromatic heterocycles. The van der Waals surface area contributed by atoms with Crippen LogP contribution in [0.2, 0.25) is 0 Å². The van der Waals surface area contributed by atoms with Gasteiger partial charge in [-0.2, -0.15) is 8.78 Å². The largest absolute Gasteiger partial charge is 0.487 e. The smallest absolute Gasteiger partial charge is 0.387 e. The molecular weight excluding hydrogens is 204 g/mol. The van der Waals surface area contributed by atoms with Gasteiger partial charge in [0.15, 0.2) is 11.5 Å². The van der Waals surface area contributed by atoms with Gasteiger partial charge in [0.25, 0.3) is 0 Å². The highest BCUT2D eigenvalue weighted by atomic mass is 19.3. The van der Waals surface area contributed by atoms with Gasteiger partial charge >= 0.3 is 6.61 Å². The Morgan fingerprint density at radius 1 is 1.13 bits per heavy atom. The number of hydrogen-bond donors (Lipinski definition) is 1. The molecule has 0 unspecified atom stereocenters. The molecule has 0 aliphatic carbocycles. The van der Waals surface area contributed by atoms with Crippen molar-refractivity contribution in [3.8, 4) is 11.5 Å². The Balaban J connectivity index is 2.92. The van der Waals surface area contributed by atoms with E-state index < -0.39 is 6.61 Å². The highest BCUT2D eigenvalue weighted by Crippen LogP contribution is 2.31. The van der Waals surface area contributed by atoms with Crippen LogP contribution in [0.15, 0.2) is 18.2 Å². The van der Waals surface area contributed by atoms with Crippen LogP contribution in [0.1, 0.15) is 13.8 Å². The number of anilines is 1. The van der Waals surface area contributed by atoms with Gasteiger partial charge in [-0.3, -0.25) is 0 Å². The van der Waals surface area contributed by atoms with E-state index in [2.05, 4.69) is 4.74 Å². The van der Waals surface area contributed by atoms with Crippen LogP contribution in [-0.4, -0.2) is 12.7 Å². The Kier molecular flexibility index (Phi) is 3.71. The number of halogens is 2. The lowest BCUT2D eigenvalue weighted by Gasteiger charge is -2.14. The second kappa shape index (κ2) is 4.82. The lowest BCUT2D eigenvalue weighted by atomic mass is 10.3. The minimum absolute atomic E-state index is 0.0429. The van der Waals surface area contributed by atoms with Crippen molar-refractivity contribution in [3.05, 3.63) is 18.2 Å². The van der Waals surface area contributed by atoms with Crippen molar-refractivity contribution in [2.45, 2.75) is 26.6 Å². The maximum atomic E-state index is 12.1. The van der Waals surface area contributed by atoms with Crippen LogP contribution in [0.3, 0.4) is 0 Å². The highest BCUT2D eigenvalue weighted by Gasteiger charge is 2.12. The Morgan fingerprint density at radius 2 is 1.80 bits per heavy atom. The van der Waals surface area contributed by atoms with Crippen molar-refractivity contribution >= 4 is 5.69 Å². The summed E-state index contributed by atoms with van der Waals surface area (Å²) in [5, 5.41) is 0. The molecule has 0 spiro atoms. The average molecular weight is 217 g/mol. The third-order valence-corrected chi connectivity index (χ3v) is 1.55. The van der Waals surface area contributed by atoms with E-state index in [0.717, 1.165) is 0 Å². The molecular formula is C10H13F2NO2. The molecule has 0 aliphatic rings. The first-order chi connectivity index (χ1) is 6.99. The van der Waals surface area contributed by atoms with Gasteiger partial charge in [-0.05, 0) is 26.0 Å². The summed E-state index contributed by atoms with van der Waals surface area (Å²) in [7, 11) is 0. The number of alkyl halides is 2. The number of ether oxygens (including phenoxy) is 2. The first-order valence-corrected chi connectivity index (χ1v) is 4.50. The van der Waals surface area contributed by atoms with E-state index in [0.29, 0.717) is 5.69 Å². The Hall–Kier alpha value is -1.52. The molecule has 0 bridgehead atoms. The van der Waals surface area contributed by atoms with Crippen molar-refractivity contribution in [2.24, 2.45) is 0 Å². The van der Waals surface area contributed by atoms with E-state index >= 15 is 0 Å². The zero-order chi connectivity index (χ0) is 11.4. The Bertz CT molecular complexity index is 329. The monoisotopic (exact) mass is 217 g/mol. The molecule has 0 aliphatic heterocycles. The minimum atomic E-state index is -2.89. The highest BCUT2D eigenvalue weighted by molar-refractivity contribution is 5.52. The van der Waals surface area contributed by atoms with Crippen molar-refractivity contribution in [1.29, 1.82) is 0 Å². The Labute approximate surface area is 86.8 Å². The fraction of sp³-hybridized carbons (Fsp3) is 0.400. The van der Waals surface area contributed by atoms with Gasteiger partial charge in [0.05, 0.1) is 6.10 Å². The molecule has 0 heterocycles. The molecule has 1 aromatic rings. The van der Waals surface area contributed by atoms with Gasteiger partial charge in [-0.1, -0.05) is 0 Å². The normalized spacial score (nSPS) is 10.8. The summed E-state index contributed by atoms with van der Waals surface area (Å²) in [5.41, 5.74) is 5.80. The predicted octanol–water partition coefficient (Wildman–Crippen LogP) is 2.66. The molecule has 0 atom stereocenters. The molecule has 3 nitrogen and oxygen atoms in total. The maximum absolute atomic E-state index is 12.1. The standard InChI is InChI=1S/C10H13F2NO2/c1-6(2)14-8-4-3-7(13)5-9(8)15-10(11)12/h3-6,10H,13H2,1-2H3. The van der Waals surface area contributed by atoms with Crippen LogP contribution >= 0.6 is 0 Å². The third-order valence-electron chi connectivity index (χ3n) is 1.55. The van der Waals surface area contributed by atoms with Gasteiger partial charge in [0.1, 0.15) is 0 Å². The topological polar surface area (TPSA) is 44.5 Å².